The van der Waals surface area contributed by atoms with Gasteiger partial charge < -0.3 is 9.84 Å². The maximum atomic E-state index is 10.8. The zero-order chi connectivity index (χ0) is 13.1. The van der Waals surface area contributed by atoms with Crippen LogP contribution in [0.1, 0.15) is 25.8 Å². The van der Waals surface area contributed by atoms with Crippen molar-refractivity contribution in [3.8, 4) is 5.75 Å². The van der Waals surface area contributed by atoms with E-state index in [9.17, 15) is 4.79 Å². The van der Waals surface area contributed by atoms with E-state index in [1.54, 1.807) is 12.3 Å². The van der Waals surface area contributed by atoms with Crippen molar-refractivity contribution >= 4 is 17.3 Å². The van der Waals surface area contributed by atoms with Gasteiger partial charge in [0.2, 0.25) is 0 Å². The molecule has 0 saturated carbocycles. The molecule has 2 rings (SSSR count). The second-order valence-corrected chi connectivity index (χ2v) is 5.18. The van der Waals surface area contributed by atoms with Gasteiger partial charge in [-0.1, -0.05) is 0 Å². The quantitative estimate of drug-likeness (QED) is 0.921. The largest absolute Gasteiger partial charge is 0.487 e. The number of ether oxygens (including phenoxy) is 1. The molecule has 0 aliphatic rings. The molecular weight excluding hydrogens is 250 g/mol. The molecule has 0 aromatic carbocycles. The fourth-order valence-electron chi connectivity index (χ4n) is 1.47. The number of aromatic nitrogens is 1. The molecule has 0 amide bonds. The number of pyridine rings is 1. The summed E-state index contributed by atoms with van der Waals surface area (Å²) < 4.78 is 5.57. The minimum absolute atomic E-state index is 0.341. The van der Waals surface area contributed by atoms with E-state index in [1.807, 2.05) is 26.0 Å². The van der Waals surface area contributed by atoms with E-state index >= 15 is 0 Å². The van der Waals surface area contributed by atoms with Gasteiger partial charge in [0.25, 0.3) is 0 Å². The summed E-state index contributed by atoms with van der Waals surface area (Å²) in [5, 5.41) is 8.90. The highest BCUT2D eigenvalue weighted by Gasteiger charge is 2.11. The number of hydrogen-bond acceptors (Lipinski definition) is 4. The molecule has 0 spiro atoms. The van der Waals surface area contributed by atoms with Crippen LogP contribution >= 0.6 is 11.3 Å². The number of carbonyl (C=O) groups is 1. The lowest BCUT2D eigenvalue weighted by molar-refractivity contribution is 0.0702. The molecule has 0 bridgehead atoms. The Kier molecular flexibility index (Phi) is 3.62. The third-order valence-electron chi connectivity index (χ3n) is 2.51. The number of thiophene rings is 1. The summed E-state index contributed by atoms with van der Waals surface area (Å²) in [5.41, 5.74) is 1.83. The summed E-state index contributed by atoms with van der Waals surface area (Å²) in [6, 6.07) is 5.38. The van der Waals surface area contributed by atoms with Gasteiger partial charge in [0.05, 0.1) is 6.20 Å². The van der Waals surface area contributed by atoms with Gasteiger partial charge in [0.15, 0.2) is 0 Å². The lowest BCUT2D eigenvalue weighted by Gasteiger charge is -2.05. The fourth-order valence-corrected chi connectivity index (χ4v) is 2.34. The zero-order valence-corrected chi connectivity index (χ0v) is 11.0. The number of aromatic carboxylic acids is 1. The third-order valence-corrected chi connectivity index (χ3v) is 3.59. The van der Waals surface area contributed by atoms with Gasteiger partial charge >= 0.3 is 5.97 Å². The summed E-state index contributed by atoms with van der Waals surface area (Å²) in [6.07, 6.45) is 1.66. The Bertz CT molecular complexity index is 560. The Morgan fingerprint density at radius 2 is 2.22 bits per heavy atom. The molecule has 18 heavy (non-hydrogen) atoms. The molecule has 94 valence electrons. The van der Waals surface area contributed by atoms with Crippen LogP contribution in [-0.4, -0.2) is 16.1 Å². The van der Waals surface area contributed by atoms with Crippen molar-refractivity contribution in [3.63, 3.8) is 0 Å². The summed E-state index contributed by atoms with van der Waals surface area (Å²) in [5.74, 6) is -0.213. The predicted molar refractivity (Wildman–Crippen MR) is 69.3 cm³/mol. The first kappa shape index (κ1) is 12.6. The van der Waals surface area contributed by atoms with E-state index in [4.69, 9.17) is 9.84 Å². The van der Waals surface area contributed by atoms with Gasteiger partial charge in [-0.25, -0.2) is 4.79 Å². The molecule has 0 atom stereocenters. The van der Waals surface area contributed by atoms with Gasteiger partial charge in [0, 0.05) is 16.1 Å². The van der Waals surface area contributed by atoms with Crippen molar-refractivity contribution in [2.75, 3.05) is 0 Å². The van der Waals surface area contributed by atoms with Crippen LogP contribution in [0.3, 0.4) is 0 Å². The van der Waals surface area contributed by atoms with Gasteiger partial charge in [-0.2, -0.15) is 0 Å². The molecule has 2 aromatic rings. The molecule has 1 N–H and O–H groups in total. The number of nitrogens with zero attached hydrogens (tertiary/aromatic N) is 1. The van der Waals surface area contributed by atoms with Gasteiger partial charge in [0.1, 0.15) is 17.2 Å². The van der Waals surface area contributed by atoms with Gasteiger partial charge in [-0.3, -0.25) is 4.98 Å². The molecule has 2 heterocycles. The first-order valence-corrected chi connectivity index (χ1v) is 6.26. The molecule has 4 nitrogen and oxygen atoms in total. The number of carboxylic acids is 1. The minimum Gasteiger partial charge on any atom is -0.487 e. The maximum Gasteiger partial charge on any atom is 0.345 e. The monoisotopic (exact) mass is 263 g/mol. The van der Waals surface area contributed by atoms with Crippen LogP contribution in [-0.2, 0) is 6.61 Å². The highest BCUT2D eigenvalue weighted by Crippen LogP contribution is 2.23. The predicted octanol–water partition coefficient (Wildman–Crippen LogP) is 3.04. The van der Waals surface area contributed by atoms with E-state index in [-0.39, 0.29) is 0 Å². The molecule has 0 radical (unpaired) electrons. The topological polar surface area (TPSA) is 59.4 Å². The normalized spacial score (nSPS) is 10.3. The van der Waals surface area contributed by atoms with Crippen LogP contribution in [0.15, 0.2) is 24.4 Å². The van der Waals surface area contributed by atoms with Crippen molar-refractivity contribution in [2.24, 2.45) is 0 Å². The van der Waals surface area contributed by atoms with Crippen molar-refractivity contribution in [1.82, 2.24) is 4.98 Å². The highest BCUT2D eigenvalue weighted by atomic mass is 32.1. The standard InChI is InChI=1S/C13H13NO3S/c1-8-3-4-11(6-14-8)17-7-10-5-12(13(15)16)18-9(10)2/h3-6H,7H2,1-2H3,(H,15,16). The van der Waals surface area contributed by atoms with E-state index in [0.29, 0.717) is 17.2 Å². The Morgan fingerprint density at radius 1 is 1.44 bits per heavy atom. The molecular formula is C13H13NO3S. The Morgan fingerprint density at radius 3 is 2.78 bits per heavy atom. The van der Waals surface area contributed by atoms with Crippen molar-refractivity contribution < 1.29 is 14.6 Å². The van der Waals surface area contributed by atoms with Crippen LogP contribution in [0.2, 0.25) is 0 Å². The van der Waals surface area contributed by atoms with Gasteiger partial charge in [-0.15, -0.1) is 11.3 Å². The van der Waals surface area contributed by atoms with Crippen LogP contribution in [0.25, 0.3) is 0 Å². The molecule has 5 heteroatoms. The van der Waals surface area contributed by atoms with Crippen LogP contribution in [0.4, 0.5) is 0 Å². The second kappa shape index (κ2) is 5.18. The van der Waals surface area contributed by atoms with Crippen LogP contribution in [0.5, 0.6) is 5.75 Å². The first-order valence-electron chi connectivity index (χ1n) is 5.44. The third kappa shape index (κ3) is 2.87. The Hall–Kier alpha value is -1.88. The summed E-state index contributed by atoms with van der Waals surface area (Å²) in [7, 11) is 0. The molecule has 0 fully saturated rings. The summed E-state index contributed by atoms with van der Waals surface area (Å²) >= 11 is 1.26. The highest BCUT2D eigenvalue weighted by molar-refractivity contribution is 7.14. The Labute approximate surface area is 109 Å². The maximum absolute atomic E-state index is 10.8. The van der Waals surface area contributed by atoms with E-state index in [0.717, 1.165) is 16.1 Å². The first-order chi connectivity index (χ1) is 8.56. The van der Waals surface area contributed by atoms with Crippen LogP contribution < -0.4 is 4.74 Å². The van der Waals surface area contributed by atoms with Crippen LogP contribution in [0, 0.1) is 13.8 Å². The number of rotatable bonds is 4. The summed E-state index contributed by atoms with van der Waals surface area (Å²) in [4.78, 5) is 16.3. The smallest absolute Gasteiger partial charge is 0.345 e. The lowest BCUT2D eigenvalue weighted by Crippen LogP contribution is -1.96. The van der Waals surface area contributed by atoms with E-state index in [2.05, 4.69) is 4.98 Å². The van der Waals surface area contributed by atoms with E-state index < -0.39 is 5.97 Å². The SMILES string of the molecule is Cc1ccc(OCc2cc(C(=O)O)sc2C)cn1. The zero-order valence-electron chi connectivity index (χ0n) is 10.1. The van der Waals surface area contributed by atoms with Gasteiger partial charge in [-0.05, 0) is 32.0 Å². The number of aryl methyl sites for hydroxylation is 2. The molecule has 0 saturated heterocycles. The molecule has 0 aliphatic heterocycles. The lowest BCUT2D eigenvalue weighted by atomic mass is 10.2. The van der Waals surface area contributed by atoms with Crippen molar-refractivity contribution in [1.29, 1.82) is 0 Å². The molecule has 0 unspecified atom stereocenters. The number of carboxylic acid groups (broad SMARTS) is 1. The number of hydrogen-bond donors (Lipinski definition) is 1. The van der Waals surface area contributed by atoms with Crippen molar-refractivity contribution in [3.05, 3.63) is 45.4 Å². The molecule has 2 aromatic heterocycles. The average molecular weight is 263 g/mol. The summed E-state index contributed by atoms with van der Waals surface area (Å²) in [6.45, 7) is 4.16. The second-order valence-electron chi connectivity index (χ2n) is 3.92. The van der Waals surface area contributed by atoms with E-state index in [1.165, 1.54) is 11.3 Å². The average Bonchev–Trinajstić information content (AvgIpc) is 2.70. The fraction of sp³-hybridized carbons (Fsp3) is 0.231. The van der Waals surface area contributed by atoms with Crippen molar-refractivity contribution in [2.45, 2.75) is 20.5 Å². The Balaban J connectivity index is 2.06. The molecule has 0 aliphatic carbocycles. The minimum atomic E-state index is -0.897.